The number of aryl methyl sites for hydroxylation is 2. The molecule has 0 saturated carbocycles. The topological polar surface area (TPSA) is 70.8 Å². The molecule has 1 aromatic carbocycles. The third-order valence-electron chi connectivity index (χ3n) is 5.76. The molecule has 158 valence electrons. The Balaban J connectivity index is 1.89. The lowest BCUT2D eigenvalue weighted by atomic mass is 10.0. The first-order chi connectivity index (χ1) is 13.6. The maximum atomic E-state index is 13.3. The van der Waals surface area contributed by atoms with E-state index in [9.17, 15) is 13.2 Å². The fourth-order valence-corrected chi connectivity index (χ4v) is 5.47. The Kier molecular flexibility index (Phi) is 6.19. The predicted molar refractivity (Wildman–Crippen MR) is 112 cm³/mol. The predicted octanol–water partition coefficient (Wildman–Crippen LogP) is 3.90. The zero-order valence-corrected chi connectivity index (χ0v) is 18.7. The van der Waals surface area contributed by atoms with Gasteiger partial charge in [0.25, 0.3) is 5.91 Å². The van der Waals surface area contributed by atoms with Crippen molar-refractivity contribution in [3.8, 4) is 0 Å². The van der Waals surface area contributed by atoms with Crippen LogP contribution in [0.3, 0.4) is 0 Å². The normalized spacial score (nSPS) is 16.2. The van der Waals surface area contributed by atoms with E-state index >= 15 is 0 Å². The van der Waals surface area contributed by atoms with Crippen LogP contribution in [-0.2, 0) is 16.6 Å². The van der Waals surface area contributed by atoms with Crippen molar-refractivity contribution in [2.45, 2.75) is 52.0 Å². The van der Waals surface area contributed by atoms with Crippen molar-refractivity contribution in [1.29, 1.82) is 0 Å². The first-order valence-electron chi connectivity index (χ1n) is 10.0. The Morgan fingerprint density at radius 1 is 1.17 bits per heavy atom. The van der Waals surface area contributed by atoms with Crippen LogP contribution in [0.2, 0.25) is 0 Å². The summed E-state index contributed by atoms with van der Waals surface area (Å²) in [4.78, 5) is 14.8. The van der Waals surface area contributed by atoms with Crippen molar-refractivity contribution in [2.24, 2.45) is 5.92 Å². The molecule has 1 saturated heterocycles. The molecule has 7 heteroatoms. The molecule has 1 amide bonds. The summed E-state index contributed by atoms with van der Waals surface area (Å²) in [5.74, 6) is 1.79. The van der Waals surface area contributed by atoms with Gasteiger partial charge in [-0.15, -0.1) is 0 Å². The minimum absolute atomic E-state index is 0.231. The van der Waals surface area contributed by atoms with Crippen molar-refractivity contribution < 1.29 is 17.6 Å². The first kappa shape index (κ1) is 21.6. The van der Waals surface area contributed by atoms with Gasteiger partial charge in [0.15, 0.2) is 0 Å². The van der Waals surface area contributed by atoms with Crippen LogP contribution in [0.25, 0.3) is 0 Å². The molecule has 0 unspecified atom stereocenters. The van der Waals surface area contributed by atoms with E-state index in [2.05, 4.69) is 6.92 Å². The number of carbonyl (C=O) groups is 1. The molecule has 1 aromatic heterocycles. The fraction of sp³-hybridized carbons (Fsp3) is 0.500. The lowest BCUT2D eigenvalue weighted by Gasteiger charge is -2.30. The molecule has 1 aliphatic rings. The van der Waals surface area contributed by atoms with Crippen LogP contribution in [0, 0.1) is 26.7 Å². The summed E-state index contributed by atoms with van der Waals surface area (Å²) >= 11 is 0. The SMILES string of the molecule is Cc1ccc(CN(C)C(=O)c2cc(C)c(C)c(S(=O)(=O)N3CCC(C)CC3)c2)o1. The number of hydrogen-bond acceptors (Lipinski definition) is 4. The van der Waals surface area contributed by atoms with Gasteiger partial charge in [0.05, 0.1) is 11.4 Å². The zero-order chi connectivity index (χ0) is 21.3. The molecule has 6 nitrogen and oxygen atoms in total. The third kappa shape index (κ3) is 4.56. The number of furan rings is 1. The summed E-state index contributed by atoms with van der Waals surface area (Å²) in [6.45, 7) is 9.03. The van der Waals surface area contributed by atoms with Gasteiger partial charge in [0.2, 0.25) is 10.0 Å². The second-order valence-corrected chi connectivity index (χ2v) is 10.1. The average Bonchev–Trinajstić information content (AvgIpc) is 3.08. The molecule has 0 aliphatic carbocycles. The number of carbonyl (C=O) groups excluding carboxylic acids is 1. The van der Waals surface area contributed by atoms with E-state index < -0.39 is 10.0 Å². The molecule has 1 fully saturated rings. The van der Waals surface area contributed by atoms with Crippen LogP contribution in [0.1, 0.15) is 52.8 Å². The molecule has 1 aliphatic heterocycles. The highest BCUT2D eigenvalue weighted by Crippen LogP contribution is 2.28. The highest BCUT2D eigenvalue weighted by molar-refractivity contribution is 7.89. The van der Waals surface area contributed by atoms with E-state index in [4.69, 9.17) is 4.42 Å². The molecule has 2 aromatic rings. The van der Waals surface area contributed by atoms with Crippen LogP contribution in [0.4, 0.5) is 0 Å². The smallest absolute Gasteiger partial charge is 0.254 e. The average molecular weight is 419 g/mol. The molecule has 0 radical (unpaired) electrons. The summed E-state index contributed by atoms with van der Waals surface area (Å²) in [5.41, 5.74) is 1.87. The standard InChI is InChI=1S/C22H30N2O4S/c1-15-8-10-24(11-9-15)29(26,27)21-13-19(12-16(2)18(21)4)22(25)23(5)14-20-7-6-17(3)28-20/h6-7,12-13,15H,8-11,14H2,1-5H3. The third-order valence-corrected chi connectivity index (χ3v) is 7.79. The molecule has 0 bridgehead atoms. The minimum Gasteiger partial charge on any atom is -0.464 e. The monoisotopic (exact) mass is 418 g/mol. The van der Waals surface area contributed by atoms with Gasteiger partial charge in [-0.05, 0) is 74.9 Å². The van der Waals surface area contributed by atoms with E-state index in [1.165, 1.54) is 6.07 Å². The minimum atomic E-state index is -3.63. The summed E-state index contributed by atoms with van der Waals surface area (Å²) in [5, 5.41) is 0. The molecule has 29 heavy (non-hydrogen) atoms. The van der Waals surface area contributed by atoms with Crippen molar-refractivity contribution in [3.05, 3.63) is 52.5 Å². The van der Waals surface area contributed by atoms with E-state index in [1.807, 2.05) is 26.0 Å². The Hall–Kier alpha value is -2.12. The van der Waals surface area contributed by atoms with Gasteiger partial charge in [-0.3, -0.25) is 4.79 Å². The summed E-state index contributed by atoms with van der Waals surface area (Å²) in [6.07, 6.45) is 1.72. The Bertz CT molecular complexity index is 1000. The fourth-order valence-electron chi connectivity index (χ4n) is 3.68. The second kappa shape index (κ2) is 8.32. The van der Waals surface area contributed by atoms with Crippen LogP contribution in [-0.4, -0.2) is 43.7 Å². The van der Waals surface area contributed by atoms with Crippen LogP contribution in [0.5, 0.6) is 0 Å². The molecule has 0 N–H and O–H groups in total. The van der Waals surface area contributed by atoms with Gasteiger partial charge in [0.1, 0.15) is 11.5 Å². The Labute approximate surface area is 173 Å². The van der Waals surface area contributed by atoms with Crippen molar-refractivity contribution in [2.75, 3.05) is 20.1 Å². The Morgan fingerprint density at radius 3 is 2.41 bits per heavy atom. The second-order valence-electron chi connectivity index (χ2n) is 8.18. The van der Waals surface area contributed by atoms with Gasteiger partial charge in [-0.25, -0.2) is 8.42 Å². The quantitative estimate of drug-likeness (QED) is 0.738. The number of sulfonamides is 1. The maximum Gasteiger partial charge on any atom is 0.254 e. The Morgan fingerprint density at radius 2 is 1.83 bits per heavy atom. The van der Waals surface area contributed by atoms with E-state index in [0.29, 0.717) is 42.4 Å². The van der Waals surface area contributed by atoms with Crippen LogP contribution in [0.15, 0.2) is 33.6 Å². The highest BCUT2D eigenvalue weighted by Gasteiger charge is 2.30. The van der Waals surface area contributed by atoms with Gasteiger partial charge < -0.3 is 9.32 Å². The molecule has 3 rings (SSSR count). The largest absolute Gasteiger partial charge is 0.464 e. The number of nitrogens with zero attached hydrogens (tertiary/aromatic N) is 2. The molecular weight excluding hydrogens is 388 g/mol. The molecular formula is C22H30N2O4S. The zero-order valence-electron chi connectivity index (χ0n) is 17.9. The van der Waals surface area contributed by atoms with Gasteiger partial charge in [0, 0.05) is 25.7 Å². The van der Waals surface area contributed by atoms with Gasteiger partial charge in [-0.2, -0.15) is 4.31 Å². The highest BCUT2D eigenvalue weighted by atomic mass is 32.2. The number of piperidine rings is 1. The van der Waals surface area contributed by atoms with E-state index in [0.717, 1.165) is 24.2 Å². The van der Waals surface area contributed by atoms with Gasteiger partial charge >= 0.3 is 0 Å². The summed E-state index contributed by atoms with van der Waals surface area (Å²) in [7, 11) is -1.94. The summed E-state index contributed by atoms with van der Waals surface area (Å²) in [6, 6.07) is 6.99. The number of rotatable bonds is 5. The van der Waals surface area contributed by atoms with Crippen molar-refractivity contribution in [3.63, 3.8) is 0 Å². The molecule has 2 heterocycles. The number of amides is 1. The van der Waals surface area contributed by atoms with Gasteiger partial charge in [-0.1, -0.05) is 6.92 Å². The van der Waals surface area contributed by atoms with E-state index in [1.54, 1.807) is 29.2 Å². The lowest BCUT2D eigenvalue weighted by molar-refractivity contribution is 0.0774. The van der Waals surface area contributed by atoms with Crippen molar-refractivity contribution in [1.82, 2.24) is 9.21 Å². The molecule has 0 spiro atoms. The number of hydrogen-bond donors (Lipinski definition) is 0. The maximum absolute atomic E-state index is 13.3. The van der Waals surface area contributed by atoms with Crippen LogP contribution >= 0.6 is 0 Å². The number of benzene rings is 1. The van der Waals surface area contributed by atoms with Crippen LogP contribution < -0.4 is 0 Å². The van der Waals surface area contributed by atoms with Crippen molar-refractivity contribution >= 4 is 15.9 Å². The first-order valence-corrected chi connectivity index (χ1v) is 11.5. The molecule has 0 atom stereocenters. The summed E-state index contributed by atoms with van der Waals surface area (Å²) < 4.78 is 33.7. The lowest BCUT2D eigenvalue weighted by Crippen LogP contribution is -2.38. The van der Waals surface area contributed by atoms with E-state index in [-0.39, 0.29) is 10.8 Å².